The first-order chi connectivity index (χ1) is 15.7. The summed E-state index contributed by atoms with van der Waals surface area (Å²) in [5.74, 6) is -2.98. The highest BCUT2D eigenvalue weighted by Crippen LogP contribution is 2.31. The fourth-order valence-corrected chi connectivity index (χ4v) is 3.80. The van der Waals surface area contributed by atoms with Gasteiger partial charge in [0.15, 0.2) is 0 Å². The molecule has 1 atom stereocenters. The number of alkyl halides is 3. The molecule has 0 aliphatic carbocycles. The molecule has 184 valence electrons. The fourth-order valence-electron chi connectivity index (χ4n) is 3.80. The molecule has 3 rings (SSSR count). The summed E-state index contributed by atoms with van der Waals surface area (Å²) < 4.78 is 45.2. The number of pyridine rings is 1. The lowest BCUT2D eigenvalue weighted by molar-refractivity contribution is -0.142. The van der Waals surface area contributed by atoms with Crippen molar-refractivity contribution >= 4 is 11.9 Å². The van der Waals surface area contributed by atoms with Gasteiger partial charge < -0.3 is 24.8 Å². The van der Waals surface area contributed by atoms with Crippen molar-refractivity contribution in [2.45, 2.75) is 52.6 Å². The maximum absolute atomic E-state index is 13.3. The Morgan fingerprint density at radius 3 is 2.32 bits per heavy atom. The van der Waals surface area contributed by atoms with Crippen LogP contribution in [0.1, 0.15) is 53.5 Å². The van der Waals surface area contributed by atoms with Gasteiger partial charge in [-0.05, 0) is 23.1 Å². The Morgan fingerprint density at radius 1 is 1.18 bits per heavy atom. The van der Waals surface area contributed by atoms with Gasteiger partial charge in [0.05, 0.1) is 25.3 Å². The molecule has 0 bridgehead atoms. The zero-order valence-corrected chi connectivity index (χ0v) is 18.8. The third kappa shape index (κ3) is 5.09. The van der Waals surface area contributed by atoms with Gasteiger partial charge in [0.2, 0.25) is 0 Å². The molecule has 0 spiro atoms. The second-order valence-electron chi connectivity index (χ2n) is 9.15. The maximum Gasteiger partial charge on any atom is 0.416 e. The maximum atomic E-state index is 13.3. The van der Waals surface area contributed by atoms with Gasteiger partial charge in [-0.3, -0.25) is 9.59 Å². The third-order valence-electron chi connectivity index (χ3n) is 5.62. The van der Waals surface area contributed by atoms with Crippen molar-refractivity contribution in [1.82, 2.24) is 9.88 Å². The number of aromatic nitrogens is 1. The van der Waals surface area contributed by atoms with Gasteiger partial charge in [0.1, 0.15) is 17.4 Å². The first kappa shape index (κ1) is 25.3. The molecular weight excluding hydrogens is 457 g/mol. The van der Waals surface area contributed by atoms with Crippen LogP contribution in [0.15, 0.2) is 29.1 Å². The Balaban J connectivity index is 2.07. The molecule has 0 fully saturated rings. The van der Waals surface area contributed by atoms with Crippen LogP contribution in [0.4, 0.5) is 13.2 Å². The summed E-state index contributed by atoms with van der Waals surface area (Å²) in [4.78, 5) is 37.9. The summed E-state index contributed by atoms with van der Waals surface area (Å²) in [5.41, 5.74) is -2.29. The van der Waals surface area contributed by atoms with E-state index < -0.39 is 51.9 Å². The molecule has 34 heavy (non-hydrogen) atoms. The van der Waals surface area contributed by atoms with Gasteiger partial charge in [0, 0.05) is 17.7 Å². The molecule has 2 aromatic rings. The van der Waals surface area contributed by atoms with Gasteiger partial charge in [-0.25, -0.2) is 4.79 Å². The highest BCUT2D eigenvalue weighted by molar-refractivity contribution is 5.99. The van der Waals surface area contributed by atoms with Crippen molar-refractivity contribution in [3.63, 3.8) is 0 Å². The van der Waals surface area contributed by atoms with Gasteiger partial charge in [-0.1, -0.05) is 32.9 Å². The second-order valence-corrected chi connectivity index (χ2v) is 9.15. The summed E-state index contributed by atoms with van der Waals surface area (Å²) in [6, 6.07) is 2.89. The fraction of sp³-hybridized carbons (Fsp3) is 0.435. The standard InChI is InChI=1S/C23H25F3N2O6/c1-22(2,3)18(21(32)33)27-19(30)16-17(29)14-11-34-9-8-15(14)28(20(16)31)10-12-4-6-13(7-5-12)23(24,25)26/h4-7,18,29H,8-11H2,1-3H3,(H,27,30)(H,32,33). The van der Waals surface area contributed by atoms with Crippen LogP contribution >= 0.6 is 0 Å². The minimum Gasteiger partial charge on any atom is -0.506 e. The number of carbonyl (C=O) groups excluding carboxylic acids is 1. The number of aliphatic carboxylic acids is 1. The van der Waals surface area contributed by atoms with Crippen LogP contribution in [0.2, 0.25) is 0 Å². The van der Waals surface area contributed by atoms with Gasteiger partial charge in [0.25, 0.3) is 11.5 Å². The zero-order chi connectivity index (χ0) is 25.4. The lowest BCUT2D eigenvalue weighted by Gasteiger charge is -2.28. The lowest BCUT2D eigenvalue weighted by atomic mass is 9.86. The molecule has 11 heteroatoms. The Morgan fingerprint density at radius 2 is 1.79 bits per heavy atom. The van der Waals surface area contributed by atoms with Gasteiger partial charge >= 0.3 is 12.1 Å². The smallest absolute Gasteiger partial charge is 0.416 e. The van der Waals surface area contributed by atoms with Crippen LogP contribution in [0, 0.1) is 5.41 Å². The van der Waals surface area contributed by atoms with Crippen LogP contribution in [0.5, 0.6) is 5.75 Å². The van der Waals surface area contributed by atoms with Gasteiger partial charge in [-0.2, -0.15) is 13.2 Å². The molecule has 3 N–H and O–H groups in total. The monoisotopic (exact) mass is 482 g/mol. The number of aromatic hydroxyl groups is 1. The number of hydrogen-bond donors (Lipinski definition) is 3. The van der Waals surface area contributed by atoms with Crippen LogP contribution in [0.3, 0.4) is 0 Å². The number of ether oxygens (including phenoxy) is 1. The van der Waals surface area contributed by atoms with E-state index in [1.165, 1.54) is 16.7 Å². The molecule has 2 heterocycles. The van der Waals surface area contributed by atoms with E-state index in [4.69, 9.17) is 4.74 Å². The molecule has 1 aromatic carbocycles. The van der Waals surface area contributed by atoms with Crippen molar-refractivity contribution in [2.75, 3.05) is 6.61 Å². The molecule has 0 saturated carbocycles. The molecule has 8 nitrogen and oxygen atoms in total. The van der Waals surface area contributed by atoms with E-state index in [9.17, 15) is 37.8 Å². The Bertz CT molecular complexity index is 1160. The molecule has 1 aromatic heterocycles. The van der Waals surface area contributed by atoms with E-state index in [1.54, 1.807) is 20.8 Å². The zero-order valence-electron chi connectivity index (χ0n) is 18.8. The van der Waals surface area contributed by atoms with E-state index in [1.807, 2.05) is 0 Å². The third-order valence-corrected chi connectivity index (χ3v) is 5.62. The number of nitrogens with zero attached hydrogens (tertiary/aromatic N) is 1. The number of carboxylic acid groups (broad SMARTS) is 1. The van der Waals surface area contributed by atoms with Gasteiger partial charge in [-0.15, -0.1) is 0 Å². The molecule has 1 unspecified atom stereocenters. The Hall–Kier alpha value is -3.34. The minimum atomic E-state index is -4.51. The van der Waals surface area contributed by atoms with E-state index in [2.05, 4.69) is 5.32 Å². The molecule has 0 radical (unpaired) electrons. The lowest BCUT2D eigenvalue weighted by Crippen LogP contribution is -2.50. The topological polar surface area (TPSA) is 118 Å². The first-order valence-corrected chi connectivity index (χ1v) is 10.5. The minimum absolute atomic E-state index is 0.0869. The molecule has 1 aliphatic rings. The number of nitrogens with one attached hydrogen (secondary N) is 1. The van der Waals surface area contributed by atoms with E-state index in [-0.39, 0.29) is 31.7 Å². The van der Waals surface area contributed by atoms with Crippen LogP contribution in [0.25, 0.3) is 0 Å². The highest BCUT2D eigenvalue weighted by Gasteiger charge is 2.36. The first-order valence-electron chi connectivity index (χ1n) is 10.5. The summed E-state index contributed by atoms with van der Waals surface area (Å²) in [6.07, 6.45) is -4.27. The van der Waals surface area contributed by atoms with Crippen molar-refractivity contribution < 1.29 is 37.7 Å². The summed E-state index contributed by atoms with van der Waals surface area (Å²) in [5, 5.41) is 22.5. The number of carboxylic acids is 1. The van der Waals surface area contributed by atoms with Crippen LogP contribution in [-0.2, 0) is 35.3 Å². The molecular formula is C23H25F3N2O6. The second kappa shape index (κ2) is 9.13. The Labute approximate surface area is 193 Å². The predicted octanol–water partition coefficient (Wildman–Crippen LogP) is 2.92. The average Bonchev–Trinajstić information content (AvgIpc) is 2.74. The summed E-state index contributed by atoms with van der Waals surface area (Å²) in [7, 11) is 0. The molecule has 1 amide bonds. The number of carbonyl (C=O) groups is 2. The van der Waals surface area contributed by atoms with E-state index in [0.717, 1.165) is 12.1 Å². The van der Waals surface area contributed by atoms with E-state index in [0.29, 0.717) is 11.3 Å². The largest absolute Gasteiger partial charge is 0.506 e. The number of benzene rings is 1. The number of amides is 1. The summed E-state index contributed by atoms with van der Waals surface area (Å²) >= 11 is 0. The highest BCUT2D eigenvalue weighted by atomic mass is 19.4. The number of rotatable bonds is 5. The summed E-state index contributed by atoms with van der Waals surface area (Å²) in [6.45, 7) is 4.79. The average molecular weight is 482 g/mol. The normalized spacial score (nSPS) is 14.9. The predicted molar refractivity (Wildman–Crippen MR) is 115 cm³/mol. The SMILES string of the molecule is CC(C)(C)C(NC(=O)c1c(O)c2c(n(Cc3ccc(C(F)(F)F)cc3)c1=O)CCOC2)C(=O)O. The van der Waals surface area contributed by atoms with Crippen LogP contribution in [-0.4, -0.2) is 39.3 Å². The molecule has 0 saturated heterocycles. The number of halogens is 3. The van der Waals surface area contributed by atoms with Crippen molar-refractivity contribution in [3.05, 3.63) is 62.6 Å². The van der Waals surface area contributed by atoms with Crippen LogP contribution < -0.4 is 10.9 Å². The van der Waals surface area contributed by atoms with E-state index >= 15 is 0 Å². The number of fused-ring (bicyclic) bond motifs is 1. The number of hydrogen-bond acceptors (Lipinski definition) is 5. The molecule has 1 aliphatic heterocycles. The van der Waals surface area contributed by atoms with Crippen molar-refractivity contribution in [3.8, 4) is 5.75 Å². The van der Waals surface area contributed by atoms with Crippen molar-refractivity contribution in [1.29, 1.82) is 0 Å². The quantitative estimate of drug-likeness (QED) is 0.603. The van der Waals surface area contributed by atoms with Crippen molar-refractivity contribution in [2.24, 2.45) is 5.41 Å². The Kier molecular flexibility index (Phi) is 6.79.